The summed E-state index contributed by atoms with van der Waals surface area (Å²) in [4.78, 5) is 2.37. The zero-order chi connectivity index (χ0) is 15.5. The quantitative estimate of drug-likeness (QED) is 0.644. The number of benzene rings is 1. The molecule has 21 heavy (non-hydrogen) atoms. The molecular weight excluding hydrogens is 293 g/mol. The van der Waals surface area contributed by atoms with Crippen LogP contribution in [0.1, 0.15) is 19.4 Å². The Hall–Kier alpha value is -0.720. The van der Waals surface area contributed by atoms with Gasteiger partial charge in [-0.3, -0.25) is 16.2 Å². The van der Waals surface area contributed by atoms with Crippen LogP contribution >= 0.6 is 11.6 Å². The van der Waals surface area contributed by atoms with Crippen molar-refractivity contribution in [2.75, 3.05) is 26.3 Å². The van der Waals surface area contributed by atoms with Gasteiger partial charge in [0.25, 0.3) is 0 Å². The molecule has 6 heteroatoms. The Balaban J connectivity index is 2.12. The summed E-state index contributed by atoms with van der Waals surface area (Å²) in [6.07, 6.45) is 0.681. The summed E-state index contributed by atoms with van der Waals surface area (Å²) in [6.45, 7) is 7.57. The van der Waals surface area contributed by atoms with Crippen LogP contribution < -0.4 is 11.3 Å². The van der Waals surface area contributed by atoms with Crippen LogP contribution in [0.4, 0.5) is 4.39 Å². The largest absolute Gasteiger partial charge is 0.379 e. The van der Waals surface area contributed by atoms with E-state index in [9.17, 15) is 4.39 Å². The highest BCUT2D eigenvalue weighted by Gasteiger charge is 2.35. The molecule has 1 saturated heterocycles. The molecule has 0 bridgehead atoms. The van der Waals surface area contributed by atoms with E-state index < -0.39 is 5.82 Å². The average Bonchev–Trinajstić information content (AvgIpc) is 2.49. The summed E-state index contributed by atoms with van der Waals surface area (Å²) >= 11 is 5.85. The minimum atomic E-state index is -0.398. The number of halogens is 2. The van der Waals surface area contributed by atoms with E-state index in [1.54, 1.807) is 12.1 Å². The van der Waals surface area contributed by atoms with Crippen molar-refractivity contribution >= 4 is 11.6 Å². The lowest BCUT2D eigenvalue weighted by Crippen LogP contribution is -2.62. The number of hydrazine groups is 1. The smallest absolute Gasteiger partial charge is 0.141 e. The highest BCUT2D eigenvalue weighted by molar-refractivity contribution is 6.30. The van der Waals surface area contributed by atoms with Crippen LogP contribution in [0.25, 0.3) is 0 Å². The number of hydrogen-bond donors (Lipinski definition) is 2. The van der Waals surface area contributed by atoms with Gasteiger partial charge in [0, 0.05) is 24.7 Å². The minimum Gasteiger partial charge on any atom is -0.379 e. The zero-order valence-electron chi connectivity index (χ0n) is 12.5. The van der Waals surface area contributed by atoms with Crippen molar-refractivity contribution in [2.24, 2.45) is 5.84 Å². The standard InChI is InChI=1S/C15H23ClFN3O/c1-15(2,20-5-7-21-8-6-20)14(19-18)10-11-3-4-13(17)12(16)9-11/h3-4,9,14,19H,5-8,10,18H2,1-2H3. The van der Waals surface area contributed by atoms with Gasteiger partial charge in [-0.25, -0.2) is 4.39 Å². The normalized spacial score (nSPS) is 18.7. The number of hydrogen-bond acceptors (Lipinski definition) is 4. The van der Waals surface area contributed by atoms with Gasteiger partial charge in [-0.2, -0.15) is 0 Å². The van der Waals surface area contributed by atoms with Gasteiger partial charge in [-0.1, -0.05) is 17.7 Å². The van der Waals surface area contributed by atoms with E-state index in [4.69, 9.17) is 22.2 Å². The van der Waals surface area contributed by atoms with E-state index >= 15 is 0 Å². The summed E-state index contributed by atoms with van der Waals surface area (Å²) < 4.78 is 18.7. The van der Waals surface area contributed by atoms with Crippen molar-refractivity contribution in [3.63, 3.8) is 0 Å². The van der Waals surface area contributed by atoms with Gasteiger partial charge in [0.05, 0.1) is 18.2 Å². The van der Waals surface area contributed by atoms with Crippen molar-refractivity contribution in [3.05, 3.63) is 34.6 Å². The van der Waals surface area contributed by atoms with Crippen LogP contribution in [0.3, 0.4) is 0 Å². The molecule has 1 unspecified atom stereocenters. The molecule has 1 heterocycles. The van der Waals surface area contributed by atoms with Crippen molar-refractivity contribution < 1.29 is 9.13 Å². The Bertz CT molecular complexity index is 478. The van der Waals surface area contributed by atoms with Crippen LogP contribution in [0.15, 0.2) is 18.2 Å². The molecule has 4 nitrogen and oxygen atoms in total. The molecule has 2 rings (SSSR count). The number of morpholine rings is 1. The summed E-state index contributed by atoms with van der Waals surface area (Å²) in [5.74, 6) is 5.37. The SMILES string of the molecule is CC(C)(C(Cc1ccc(F)c(Cl)c1)NN)N1CCOCC1. The third-order valence-corrected chi connectivity index (χ3v) is 4.59. The first-order valence-electron chi connectivity index (χ1n) is 7.18. The van der Waals surface area contributed by atoms with Gasteiger partial charge in [0.1, 0.15) is 5.82 Å². The van der Waals surface area contributed by atoms with Gasteiger partial charge < -0.3 is 4.74 Å². The fraction of sp³-hybridized carbons (Fsp3) is 0.600. The first kappa shape index (κ1) is 16.6. The van der Waals surface area contributed by atoms with Crippen LogP contribution in [-0.4, -0.2) is 42.8 Å². The highest BCUT2D eigenvalue weighted by atomic mass is 35.5. The molecule has 0 amide bonds. The van der Waals surface area contributed by atoms with Crippen LogP contribution in [0, 0.1) is 5.82 Å². The lowest BCUT2D eigenvalue weighted by molar-refractivity contribution is -0.0233. The number of nitrogens with one attached hydrogen (secondary N) is 1. The van der Waals surface area contributed by atoms with Crippen LogP contribution in [0.5, 0.6) is 0 Å². The van der Waals surface area contributed by atoms with Gasteiger partial charge in [-0.15, -0.1) is 0 Å². The summed E-state index contributed by atoms with van der Waals surface area (Å²) in [5, 5.41) is 0.146. The fourth-order valence-electron chi connectivity index (χ4n) is 2.77. The molecule has 3 N–H and O–H groups in total. The maximum atomic E-state index is 13.2. The molecule has 118 valence electrons. The van der Waals surface area contributed by atoms with Gasteiger partial charge in [0.15, 0.2) is 0 Å². The Morgan fingerprint density at radius 2 is 2.10 bits per heavy atom. The predicted octanol–water partition coefficient (Wildman–Crippen LogP) is 1.96. The second-order valence-corrected chi connectivity index (χ2v) is 6.33. The monoisotopic (exact) mass is 315 g/mol. The maximum Gasteiger partial charge on any atom is 0.141 e. The maximum absolute atomic E-state index is 13.2. The van der Waals surface area contributed by atoms with Crippen molar-refractivity contribution in [1.82, 2.24) is 10.3 Å². The first-order chi connectivity index (χ1) is 9.95. The number of nitrogens with zero attached hydrogens (tertiary/aromatic N) is 1. The van der Waals surface area contributed by atoms with E-state index in [0.717, 1.165) is 31.9 Å². The van der Waals surface area contributed by atoms with Gasteiger partial charge >= 0.3 is 0 Å². The molecule has 1 aliphatic rings. The molecule has 1 fully saturated rings. The molecular formula is C15H23ClFN3O. The minimum absolute atomic E-state index is 0.0251. The number of ether oxygens (including phenoxy) is 1. The number of rotatable bonds is 5. The molecule has 0 aromatic heterocycles. The lowest BCUT2D eigenvalue weighted by Gasteiger charge is -2.45. The summed E-state index contributed by atoms with van der Waals surface area (Å²) in [5.41, 5.74) is 3.73. The molecule has 0 spiro atoms. The second kappa shape index (κ2) is 7.03. The van der Waals surface area contributed by atoms with Gasteiger partial charge in [0.2, 0.25) is 0 Å². The summed E-state index contributed by atoms with van der Waals surface area (Å²) in [6, 6.07) is 4.84. The highest BCUT2D eigenvalue weighted by Crippen LogP contribution is 2.24. The third kappa shape index (κ3) is 3.93. The topological polar surface area (TPSA) is 50.5 Å². The van der Waals surface area contributed by atoms with E-state index in [2.05, 4.69) is 24.2 Å². The Morgan fingerprint density at radius 3 is 2.67 bits per heavy atom. The molecule has 1 aromatic carbocycles. The fourth-order valence-corrected chi connectivity index (χ4v) is 2.98. The third-order valence-electron chi connectivity index (χ3n) is 4.30. The van der Waals surface area contributed by atoms with Crippen LogP contribution in [0.2, 0.25) is 5.02 Å². The number of nitrogens with two attached hydrogens (primary N) is 1. The Kier molecular flexibility index (Phi) is 5.57. The molecule has 1 atom stereocenters. The molecule has 0 aliphatic carbocycles. The van der Waals surface area contributed by atoms with E-state index in [1.807, 2.05) is 0 Å². The second-order valence-electron chi connectivity index (χ2n) is 5.92. The molecule has 1 aliphatic heterocycles. The predicted molar refractivity (Wildman–Crippen MR) is 82.7 cm³/mol. The summed E-state index contributed by atoms with van der Waals surface area (Å²) in [7, 11) is 0. The van der Waals surface area contributed by atoms with Crippen molar-refractivity contribution in [2.45, 2.75) is 31.8 Å². The molecule has 1 aromatic rings. The Morgan fingerprint density at radius 1 is 1.43 bits per heavy atom. The lowest BCUT2D eigenvalue weighted by atomic mass is 9.87. The molecule has 0 radical (unpaired) electrons. The van der Waals surface area contributed by atoms with E-state index in [1.165, 1.54) is 6.07 Å². The molecule has 0 saturated carbocycles. The van der Waals surface area contributed by atoms with Crippen molar-refractivity contribution in [3.8, 4) is 0 Å². The van der Waals surface area contributed by atoms with Crippen molar-refractivity contribution in [1.29, 1.82) is 0 Å². The first-order valence-corrected chi connectivity index (χ1v) is 7.56. The van der Waals surface area contributed by atoms with Crippen LogP contribution in [-0.2, 0) is 11.2 Å². The van der Waals surface area contributed by atoms with E-state index in [-0.39, 0.29) is 16.6 Å². The average molecular weight is 316 g/mol. The zero-order valence-corrected chi connectivity index (χ0v) is 13.3. The Labute approximate surface area is 130 Å². The van der Waals surface area contributed by atoms with Gasteiger partial charge in [-0.05, 0) is 38.0 Å². The van der Waals surface area contributed by atoms with E-state index in [0.29, 0.717) is 6.42 Å².